The molecule has 1 aliphatic heterocycles. The molecule has 1 saturated heterocycles. The van der Waals surface area contributed by atoms with Crippen molar-refractivity contribution in [2.75, 3.05) is 0 Å². The molecule has 0 aromatic heterocycles. The van der Waals surface area contributed by atoms with E-state index in [1.165, 1.54) is 11.1 Å². The fourth-order valence-electron chi connectivity index (χ4n) is 2.00. The van der Waals surface area contributed by atoms with E-state index in [2.05, 4.69) is 38.1 Å². The molecule has 3 unspecified atom stereocenters. The molecule has 1 fully saturated rings. The van der Waals surface area contributed by atoms with Gasteiger partial charge in [-0.15, -0.1) is 0 Å². The Balaban J connectivity index is 2.12. The van der Waals surface area contributed by atoms with Gasteiger partial charge in [0.1, 0.15) is 0 Å². The van der Waals surface area contributed by atoms with Crippen LogP contribution in [0.4, 0.5) is 0 Å². The number of benzene rings is 1. The van der Waals surface area contributed by atoms with Crippen molar-refractivity contribution in [3.05, 3.63) is 35.4 Å². The van der Waals surface area contributed by atoms with Gasteiger partial charge in [0, 0.05) is 6.42 Å². The summed E-state index contributed by atoms with van der Waals surface area (Å²) in [5.74, 6) is 0. The second kappa shape index (κ2) is 4.33. The SMILES string of the molecule is Cc1ccc(C2CC(C)OC(C)O2)cc1. The quantitative estimate of drug-likeness (QED) is 0.702. The Morgan fingerprint density at radius 1 is 1.07 bits per heavy atom. The van der Waals surface area contributed by atoms with Crippen LogP contribution < -0.4 is 0 Å². The van der Waals surface area contributed by atoms with Gasteiger partial charge in [-0.2, -0.15) is 0 Å². The van der Waals surface area contributed by atoms with Crippen molar-refractivity contribution in [1.29, 1.82) is 0 Å². The first-order valence-electron chi connectivity index (χ1n) is 5.52. The van der Waals surface area contributed by atoms with Crippen LogP contribution >= 0.6 is 0 Å². The Hall–Kier alpha value is -0.860. The minimum absolute atomic E-state index is 0.0972. The smallest absolute Gasteiger partial charge is 0.155 e. The van der Waals surface area contributed by atoms with Gasteiger partial charge >= 0.3 is 0 Å². The van der Waals surface area contributed by atoms with Crippen LogP contribution in [0, 0.1) is 6.92 Å². The maximum absolute atomic E-state index is 5.76. The summed E-state index contributed by atoms with van der Waals surface area (Å²) in [5, 5.41) is 0. The van der Waals surface area contributed by atoms with Gasteiger partial charge in [0.25, 0.3) is 0 Å². The Bertz CT molecular complexity index is 308. The highest BCUT2D eigenvalue weighted by molar-refractivity contribution is 5.23. The van der Waals surface area contributed by atoms with Gasteiger partial charge in [-0.1, -0.05) is 29.8 Å². The molecule has 0 aliphatic carbocycles. The molecule has 0 bridgehead atoms. The molecule has 2 rings (SSSR count). The van der Waals surface area contributed by atoms with Gasteiger partial charge in [0.15, 0.2) is 6.29 Å². The van der Waals surface area contributed by atoms with Crippen molar-refractivity contribution in [1.82, 2.24) is 0 Å². The zero-order chi connectivity index (χ0) is 10.8. The molecular formula is C13H18O2. The van der Waals surface area contributed by atoms with Gasteiger partial charge in [0.05, 0.1) is 12.2 Å². The predicted octanol–water partition coefficient (Wildman–Crippen LogP) is 3.21. The second-order valence-corrected chi connectivity index (χ2v) is 4.29. The Labute approximate surface area is 91.2 Å². The first-order valence-corrected chi connectivity index (χ1v) is 5.52. The summed E-state index contributed by atoms with van der Waals surface area (Å²) < 4.78 is 11.3. The number of hydrogen-bond acceptors (Lipinski definition) is 2. The van der Waals surface area contributed by atoms with Crippen LogP contribution in [-0.2, 0) is 9.47 Å². The zero-order valence-corrected chi connectivity index (χ0v) is 9.57. The van der Waals surface area contributed by atoms with Crippen LogP contribution in [-0.4, -0.2) is 12.4 Å². The van der Waals surface area contributed by atoms with E-state index in [0.29, 0.717) is 0 Å². The molecule has 0 saturated carbocycles. The summed E-state index contributed by atoms with van der Waals surface area (Å²) in [6, 6.07) is 8.54. The Morgan fingerprint density at radius 2 is 1.73 bits per heavy atom. The zero-order valence-electron chi connectivity index (χ0n) is 9.57. The van der Waals surface area contributed by atoms with Gasteiger partial charge in [-0.05, 0) is 26.3 Å². The van der Waals surface area contributed by atoms with Crippen LogP contribution in [0.3, 0.4) is 0 Å². The number of rotatable bonds is 1. The summed E-state index contributed by atoms with van der Waals surface area (Å²) in [7, 11) is 0. The molecule has 0 N–H and O–H groups in total. The van der Waals surface area contributed by atoms with Gasteiger partial charge in [0.2, 0.25) is 0 Å². The molecule has 2 nitrogen and oxygen atoms in total. The summed E-state index contributed by atoms with van der Waals surface area (Å²) in [5.41, 5.74) is 2.54. The van der Waals surface area contributed by atoms with E-state index in [0.717, 1.165) is 6.42 Å². The third kappa shape index (κ3) is 2.58. The van der Waals surface area contributed by atoms with E-state index in [4.69, 9.17) is 9.47 Å². The van der Waals surface area contributed by atoms with Crippen molar-refractivity contribution in [3.8, 4) is 0 Å². The minimum Gasteiger partial charge on any atom is -0.350 e. The molecule has 0 spiro atoms. The van der Waals surface area contributed by atoms with Crippen molar-refractivity contribution in [2.45, 2.75) is 45.7 Å². The molecular weight excluding hydrogens is 188 g/mol. The van der Waals surface area contributed by atoms with Crippen LogP contribution in [0.25, 0.3) is 0 Å². The van der Waals surface area contributed by atoms with E-state index in [1.54, 1.807) is 0 Å². The lowest BCUT2D eigenvalue weighted by Crippen LogP contribution is -2.30. The third-order valence-corrected chi connectivity index (χ3v) is 2.77. The van der Waals surface area contributed by atoms with Crippen molar-refractivity contribution < 1.29 is 9.47 Å². The molecule has 1 heterocycles. The number of aryl methyl sites for hydroxylation is 1. The van der Waals surface area contributed by atoms with E-state index in [9.17, 15) is 0 Å². The first-order chi connectivity index (χ1) is 7.15. The molecule has 82 valence electrons. The molecule has 1 aromatic carbocycles. The van der Waals surface area contributed by atoms with Crippen molar-refractivity contribution in [2.24, 2.45) is 0 Å². The van der Waals surface area contributed by atoms with Gasteiger partial charge < -0.3 is 9.47 Å². The monoisotopic (exact) mass is 206 g/mol. The lowest BCUT2D eigenvalue weighted by Gasteiger charge is -2.32. The predicted molar refractivity (Wildman–Crippen MR) is 59.6 cm³/mol. The second-order valence-electron chi connectivity index (χ2n) is 4.29. The van der Waals surface area contributed by atoms with Crippen LogP contribution in [0.1, 0.15) is 37.5 Å². The van der Waals surface area contributed by atoms with Crippen molar-refractivity contribution >= 4 is 0 Å². The molecule has 0 amide bonds. The summed E-state index contributed by atoms with van der Waals surface area (Å²) in [6.45, 7) is 6.15. The molecule has 15 heavy (non-hydrogen) atoms. The Morgan fingerprint density at radius 3 is 2.33 bits per heavy atom. The largest absolute Gasteiger partial charge is 0.350 e. The van der Waals surface area contributed by atoms with E-state index < -0.39 is 0 Å². The number of hydrogen-bond donors (Lipinski definition) is 0. The minimum atomic E-state index is -0.0972. The lowest BCUT2D eigenvalue weighted by molar-refractivity contribution is -0.231. The average Bonchev–Trinajstić information content (AvgIpc) is 2.17. The summed E-state index contributed by atoms with van der Waals surface area (Å²) in [6.07, 6.45) is 1.30. The van der Waals surface area contributed by atoms with E-state index >= 15 is 0 Å². The highest BCUT2D eigenvalue weighted by Crippen LogP contribution is 2.30. The molecule has 1 aromatic rings. The van der Waals surface area contributed by atoms with Crippen LogP contribution in [0.2, 0.25) is 0 Å². The Kier molecular flexibility index (Phi) is 3.08. The lowest BCUT2D eigenvalue weighted by atomic mass is 10.0. The molecule has 3 atom stereocenters. The number of ether oxygens (including phenoxy) is 2. The van der Waals surface area contributed by atoms with E-state index in [-0.39, 0.29) is 18.5 Å². The fraction of sp³-hybridized carbons (Fsp3) is 0.538. The first kappa shape index (κ1) is 10.7. The fourth-order valence-corrected chi connectivity index (χ4v) is 2.00. The van der Waals surface area contributed by atoms with E-state index in [1.807, 2.05) is 6.92 Å². The molecule has 0 radical (unpaired) electrons. The van der Waals surface area contributed by atoms with Crippen molar-refractivity contribution in [3.63, 3.8) is 0 Å². The van der Waals surface area contributed by atoms with Crippen LogP contribution in [0.5, 0.6) is 0 Å². The van der Waals surface area contributed by atoms with Gasteiger partial charge in [-0.3, -0.25) is 0 Å². The maximum Gasteiger partial charge on any atom is 0.155 e. The normalized spacial score (nSPS) is 31.5. The summed E-state index contributed by atoms with van der Waals surface area (Å²) >= 11 is 0. The highest BCUT2D eigenvalue weighted by atomic mass is 16.7. The molecule has 1 aliphatic rings. The van der Waals surface area contributed by atoms with Crippen LogP contribution in [0.15, 0.2) is 24.3 Å². The standard InChI is InChI=1S/C13H18O2/c1-9-4-6-12(7-5-9)13-8-10(2)14-11(3)15-13/h4-7,10-11,13H,8H2,1-3H3. The average molecular weight is 206 g/mol. The highest BCUT2D eigenvalue weighted by Gasteiger charge is 2.25. The molecule has 2 heteroatoms. The maximum atomic E-state index is 5.76. The third-order valence-electron chi connectivity index (χ3n) is 2.77. The van der Waals surface area contributed by atoms with Gasteiger partial charge in [-0.25, -0.2) is 0 Å². The summed E-state index contributed by atoms with van der Waals surface area (Å²) in [4.78, 5) is 0. The topological polar surface area (TPSA) is 18.5 Å².